The van der Waals surface area contributed by atoms with Crippen LogP contribution in [0.25, 0.3) is 0 Å². The van der Waals surface area contributed by atoms with Gasteiger partial charge in [-0.25, -0.2) is 0 Å². The summed E-state index contributed by atoms with van der Waals surface area (Å²) >= 11 is 0. The maximum Gasteiger partial charge on any atom is 0.247 e. The van der Waals surface area contributed by atoms with Gasteiger partial charge in [0.1, 0.15) is 6.04 Å². The molecule has 0 saturated carbocycles. The Morgan fingerprint density at radius 1 is 1.08 bits per heavy atom. The van der Waals surface area contributed by atoms with E-state index in [1.54, 1.807) is 4.90 Å². The zero-order valence-corrected chi connectivity index (χ0v) is 14.8. The SMILES string of the molecule is CCc1ccc(CNC(=O)C2c3ccccc3CCN2C(C)=O)cc1. The van der Waals surface area contributed by atoms with Gasteiger partial charge in [0.05, 0.1) is 0 Å². The Kier molecular flexibility index (Phi) is 5.17. The van der Waals surface area contributed by atoms with Crippen LogP contribution in [-0.2, 0) is 29.0 Å². The van der Waals surface area contributed by atoms with Crippen molar-refractivity contribution in [3.05, 3.63) is 70.8 Å². The summed E-state index contributed by atoms with van der Waals surface area (Å²) in [5.41, 5.74) is 4.42. The third kappa shape index (κ3) is 3.73. The molecule has 1 atom stereocenters. The van der Waals surface area contributed by atoms with E-state index in [1.165, 1.54) is 12.5 Å². The monoisotopic (exact) mass is 336 g/mol. The van der Waals surface area contributed by atoms with E-state index in [1.807, 2.05) is 36.4 Å². The lowest BCUT2D eigenvalue weighted by molar-refractivity contribution is -0.139. The number of hydrogen-bond acceptors (Lipinski definition) is 2. The van der Waals surface area contributed by atoms with Gasteiger partial charge in [0.2, 0.25) is 11.8 Å². The van der Waals surface area contributed by atoms with Crippen molar-refractivity contribution in [2.45, 2.75) is 39.3 Å². The topological polar surface area (TPSA) is 49.4 Å². The highest BCUT2D eigenvalue weighted by Crippen LogP contribution is 2.30. The van der Waals surface area contributed by atoms with Crippen molar-refractivity contribution in [1.82, 2.24) is 10.2 Å². The Bertz CT molecular complexity index is 768. The molecular weight excluding hydrogens is 312 g/mol. The second kappa shape index (κ2) is 7.51. The van der Waals surface area contributed by atoms with Gasteiger partial charge >= 0.3 is 0 Å². The van der Waals surface area contributed by atoms with E-state index < -0.39 is 6.04 Å². The Morgan fingerprint density at radius 3 is 2.44 bits per heavy atom. The number of aryl methyl sites for hydroxylation is 1. The summed E-state index contributed by atoms with van der Waals surface area (Å²) in [5, 5.41) is 3.00. The fourth-order valence-electron chi connectivity index (χ4n) is 3.37. The van der Waals surface area contributed by atoms with Crippen LogP contribution in [0.15, 0.2) is 48.5 Å². The van der Waals surface area contributed by atoms with E-state index >= 15 is 0 Å². The first-order valence-corrected chi connectivity index (χ1v) is 8.80. The lowest BCUT2D eigenvalue weighted by Gasteiger charge is -2.35. The van der Waals surface area contributed by atoms with E-state index in [0.29, 0.717) is 13.1 Å². The number of carbonyl (C=O) groups is 2. The second-order valence-corrected chi connectivity index (χ2v) is 6.45. The normalized spacial score (nSPS) is 16.2. The first-order chi connectivity index (χ1) is 12.1. The van der Waals surface area contributed by atoms with Crippen LogP contribution in [0, 0.1) is 0 Å². The van der Waals surface area contributed by atoms with Crippen LogP contribution in [0.2, 0.25) is 0 Å². The lowest BCUT2D eigenvalue weighted by Crippen LogP contribution is -2.46. The van der Waals surface area contributed by atoms with E-state index in [2.05, 4.69) is 24.4 Å². The van der Waals surface area contributed by atoms with Crippen LogP contribution in [0.1, 0.15) is 42.1 Å². The molecule has 1 unspecified atom stereocenters. The molecule has 2 aromatic carbocycles. The Hall–Kier alpha value is -2.62. The van der Waals surface area contributed by atoms with E-state index in [-0.39, 0.29) is 11.8 Å². The molecule has 1 N–H and O–H groups in total. The number of nitrogens with zero attached hydrogens (tertiary/aromatic N) is 1. The van der Waals surface area contributed by atoms with Crippen molar-refractivity contribution in [3.8, 4) is 0 Å². The molecule has 0 fully saturated rings. The maximum absolute atomic E-state index is 12.9. The van der Waals surface area contributed by atoms with Crippen molar-refractivity contribution in [1.29, 1.82) is 0 Å². The molecule has 0 aliphatic carbocycles. The van der Waals surface area contributed by atoms with Crippen molar-refractivity contribution in [3.63, 3.8) is 0 Å². The summed E-state index contributed by atoms with van der Waals surface area (Å²) in [6.45, 7) is 4.69. The minimum absolute atomic E-state index is 0.0676. The number of fused-ring (bicyclic) bond motifs is 1. The molecule has 0 radical (unpaired) electrons. The Labute approximate surface area is 148 Å². The van der Waals surface area contributed by atoms with E-state index in [9.17, 15) is 9.59 Å². The lowest BCUT2D eigenvalue weighted by atomic mass is 9.92. The van der Waals surface area contributed by atoms with Gasteiger partial charge in [-0.3, -0.25) is 9.59 Å². The van der Waals surface area contributed by atoms with E-state index in [4.69, 9.17) is 0 Å². The average Bonchev–Trinajstić information content (AvgIpc) is 2.65. The number of nitrogens with one attached hydrogen (secondary N) is 1. The molecule has 4 heteroatoms. The van der Waals surface area contributed by atoms with E-state index in [0.717, 1.165) is 29.5 Å². The molecule has 0 saturated heterocycles. The minimum atomic E-state index is -0.544. The number of carbonyl (C=O) groups excluding carboxylic acids is 2. The van der Waals surface area contributed by atoms with Crippen LogP contribution in [-0.4, -0.2) is 23.3 Å². The largest absolute Gasteiger partial charge is 0.350 e. The van der Waals surface area contributed by atoms with Crippen LogP contribution in [0.3, 0.4) is 0 Å². The summed E-state index contributed by atoms with van der Waals surface area (Å²) in [4.78, 5) is 26.5. The molecule has 0 bridgehead atoms. The summed E-state index contributed by atoms with van der Waals surface area (Å²) < 4.78 is 0. The fourth-order valence-corrected chi connectivity index (χ4v) is 3.37. The third-order valence-corrected chi connectivity index (χ3v) is 4.83. The number of amides is 2. The highest BCUT2D eigenvalue weighted by molar-refractivity contribution is 5.88. The summed E-state index contributed by atoms with van der Waals surface area (Å²) in [7, 11) is 0. The zero-order chi connectivity index (χ0) is 17.8. The van der Waals surface area contributed by atoms with Crippen molar-refractivity contribution in [2.75, 3.05) is 6.54 Å². The fraction of sp³-hybridized carbons (Fsp3) is 0.333. The van der Waals surface area contributed by atoms with Gasteiger partial charge in [-0.05, 0) is 35.1 Å². The molecule has 1 heterocycles. The van der Waals surface area contributed by atoms with Crippen LogP contribution in [0.4, 0.5) is 0 Å². The smallest absolute Gasteiger partial charge is 0.247 e. The average molecular weight is 336 g/mol. The van der Waals surface area contributed by atoms with Gasteiger partial charge in [0.25, 0.3) is 0 Å². The molecule has 0 aromatic heterocycles. The minimum Gasteiger partial charge on any atom is -0.350 e. The van der Waals surface area contributed by atoms with Gasteiger partial charge in [0, 0.05) is 20.0 Å². The zero-order valence-electron chi connectivity index (χ0n) is 14.8. The highest BCUT2D eigenvalue weighted by atomic mass is 16.2. The second-order valence-electron chi connectivity index (χ2n) is 6.45. The number of hydrogen-bond donors (Lipinski definition) is 1. The van der Waals surface area contributed by atoms with Crippen LogP contribution >= 0.6 is 0 Å². The highest BCUT2D eigenvalue weighted by Gasteiger charge is 2.34. The van der Waals surface area contributed by atoms with Crippen molar-refractivity contribution >= 4 is 11.8 Å². The van der Waals surface area contributed by atoms with Gasteiger partial charge in [-0.15, -0.1) is 0 Å². The van der Waals surface area contributed by atoms with Crippen LogP contribution < -0.4 is 5.32 Å². The van der Waals surface area contributed by atoms with Gasteiger partial charge in [-0.2, -0.15) is 0 Å². The molecule has 2 aromatic rings. The predicted octanol–water partition coefficient (Wildman–Crippen LogP) is 3.01. The number of rotatable bonds is 4. The predicted molar refractivity (Wildman–Crippen MR) is 97.9 cm³/mol. The molecule has 25 heavy (non-hydrogen) atoms. The summed E-state index contributed by atoms with van der Waals surface area (Å²) in [6.07, 6.45) is 1.79. The molecule has 130 valence electrons. The molecule has 4 nitrogen and oxygen atoms in total. The van der Waals surface area contributed by atoms with Gasteiger partial charge < -0.3 is 10.2 Å². The van der Waals surface area contributed by atoms with Crippen LogP contribution in [0.5, 0.6) is 0 Å². The summed E-state index contributed by atoms with van der Waals surface area (Å²) in [6, 6.07) is 15.6. The molecule has 0 spiro atoms. The maximum atomic E-state index is 12.9. The Balaban J connectivity index is 1.77. The molecule has 3 rings (SSSR count). The third-order valence-electron chi connectivity index (χ3n) is 4.83. The first kappa shape index (κ1) is 17.2. The number of benzene rings is 2. The quantitative estimate of drug-likeness (QED) is 0.933. The first-order valence-electron chi connectivity index (χ1n) is 8.80. The molecular formula is C21H24N2O2. The van der Waals surface area contributed by atoms with Crippen molar-refractivity contribution in [2.24, 2.45) is 0 Å². The Morgan fingerprint density at radius 2 is 1.76 bits per heavy atom. The van der Waals surface area contributed by atoms with Gasteiger partial charge in [0.15, 0.2) is 0 Å². The van der Waals surface area contributed by atoms with Crippen molar-refractivity contribution < 1.29 is 9.59 Å². The molecule has 1 aliphatic heterocycles. The summed E-state index contributed by atoms with van der Waals surface area (Å²) in [5.74, 6) is -0.191. The van der Waals surface area contributed by atoms with Gasteiger partial charge in [-0.1, -0.05) is 55.5 Å². The molecule has 2 amide bonds. The molecule has 1 aliphatic rings. The standard InChI is InChI=1S/C21H24N2O2/c1-3-16-8-10-17(11-9-16)14-22-21(25)20-19-7-5-4-6-18(19)12-13-23(20)15(2)24/h4-11,20H,3,12-14H2,1-2H3,(H,22,25).